The highest BCUT2D eigenvalue weighted by molar-refractivity contribution is 6.31. The number of fused-ring (bicyclic) bond motifs is 1. The minimum Gasteiger partial charge on any atom is -0.478 e. The Labute approximate surface area is 277 Å². The van der Waals surface area contributed by atoms with Gasteiger partial charge in [-0.1, -0.05) is 47.1 Å². The van der Waals surface area contributed by atoms with Crippen molar-refractivity contribution in [2.24, 2.45) is 11.1 Å². The maximum Gasteiger partial charge on any atom is 0.335 e. The van der Waals surface area contributed by atoms with Gasteiger partial charge in [0.15, 0.2) is 11.6 Å². The number of carboxylic acid groups (broad SMARTS) is 1. The number of oxime groups is 1. The molecule has 0 aromatic heterocycles. The molecule has 3 aliphatic rings. The van der Waals surface area contributed by atoms with E-state index in [0.29, 0.717) is 12.0 Å². The smallest absolute Gasteiger partial charge is 0.335 e. The van der Waals surface area contributed by atoms with Crippen LogP contribution in [0.3, 0.4) is 0 Å². The molecule has 0 radical (unpaired) electrons. The molecule has 3 heterocycles. The number of rotatable bonds is 8. The van der Waals surface area contributed by atoms with Gasteiger partial charge in [0.05, 0.1) is 21.9 Å². The molecular formula is C36H37ClFN3O6. The number of aliphatic hydroxyl groups is 1. The van der Waals surface area contributed by atoms with E-state index < -0.39 is 35.4 Å². The van der Waals surface area contributed by atoms with E-state index in [2.05, 4.69) is 10.1 Å². The lowest BCUT2D eigenvalue weighted by molar-refractivity contribution is -0.149. The first kappa shape index (κ1) is 32.7. The first-order chi connectivity index (χ1) is 22.4. The highest BCUT2D eigenvalue weighted by atomic mass is 35.5. The summed E-state index contributed by atoms with van der Waals surface area (Å²) < 4.78 is 14.8. The molecule has 2 N–H and O–H groups in total. The van der Waals surface area contributed by atoms with Gasteiger partial charge in [-0.15, -0.1) is 0 Å². The van der Waals surface area contributed by atoms with Gasteiger partial charge in [0.25, 0.3) is 5.91 Å². The van der Waals surface area contributed by atoms with Crippen LogP contribution in [-0.2, 0) is 27.3 Å². The monoisotopic (exact) mass is 661 g/mol. The van der Waals surface area contributed by atoms with Crippen LogP contribution in [0.5, 0.6) is 0 Å². The van der Waals surface area contributed by atoms with E-state index in [4.69, 9.17) is 16.4 Å². The standard InChI is InChI=1S/C36H37ClFN3O6/c1-36(2,46)23-13-16-40(17-14-23)29-8-4-5-25-24(29)15-18-41(33(25)30(42)19-21-9-11-22(12-10-21)35(44)45)34(43)31-20-28(39-47-31)26-6-3-7-27(37)32(26)38/h3-12,23,31,33,46H,13-20H2,1-2H3,(H,44,45). The molecule has 2 atom stereocenters. The zero-order valence-corrected chi connectivity index (χ0v) is 27.0. The van der Waals surface area contributed by atoms with Gasteiger partial charge in [-0.25, -0.2) is 9.18 Å². The lowest BCUT2D eigenvalue weighted by Crippen LogP contribution is -2.48. The third-order valence-corrected chi connectivity index (χ3v) is 9.90. The van der Waals surface area contributed by atoms with Crippen LogP contribution in [0, 0.1) is 11.7 Å². The molecule has 0 spiro atoms. The predicted octanol–water partition coefficient (Wildman–Crippen LogP) is 5.60. The molecular weight excluding hydrogens is 625 g/mol. The van der Waals surface area contributed by atoms with E-state index >= 15 is 0 Å². The van der Waals surface area contributed by atoms with Crippen molar-refractivity contribution in [2.45, 2.75) is 63.7 Å². The van der Waals surface area contributed by atoms with Crippen molar-refractivity contribution in [3.63, 3.8) is 0 Å². The van der Waals surface area contributed by atoms with Crippen molar-refractivity contribution in [3.8, 4) is 0 Å². The van der Waals surface area contributed by atoms with E-state index in [0.717, 1.165) is 42.7 Å². The molecule has 6 rings (SSSR count). The van der Waals surface area contributed by atoms with E-state index in [9.17, 15) is 29.0 Å². The van der Waals surface area contributed by atoms with Gasteiger partial charge in [0.1, 0.15) is 6.04 Å². The minimum absolute atomic E-state index is 0.0179. The Morgan fingerprint density at radius 3 is 2.40 bits per heavy atom. The largest absolute Gasteiger partial charge is 0.478 e. The Bertz CT molecular complexity index is 1730. The molecule has 246 valence electrons. The number of aromatic carboxylic acids is 1. The zero-order chi connectivity index (χ0) is 33.5. The first-order valence-electron chi connectivity index (χ1n) is 15.8. The zero-order valence-electron chi connectivity index (χ0n) is 26.3. The molecule has 3 aliphatic heterocycles. The average molecular weight is 662 g/mol. The number of carboxylic acids is 1. The Morgan fingerprint density at radius 1 is 1.02 bits per heavy atom. The van der Waals surface area contributed by atoms with Gasteiger partial charge in [0.2, 0.25) is 6.10 Å². The van der Waals surface area contributed by atoms with Gasteiger partial charge < -0.3 is 24.9 Å². The second-order valence-corrected chi connectivity index (χ2v) is 13.4. The molecule has 0 bridgehead atoms. The van der Waals surface area contributed by atoms with Gasteiger partial charge in [-0.3, -0.25) is 9.59 Å². The molecule has 3 aromatic rings. The van der Waals surface area contributed by atoms with Crippen molar-refractivity contribution < 1.29 is 33.8 Å². The second kappa shape index (κ2) is 13.1. The Kier molecular flexibility index (Phi) is 9.09. The van der Waals surface area contributed by atoms with Crippen molar-refractivity contribution in [1.82, 2.24) is 4.90 Å². The normalized spacial score (nSPS) is 20.0. The van der Waals surface area contributed by atoms with Gasteiger partial charge >= 0.3 is 5.97 Å². The SMILES string of the molecule is CC(C)(O)C1CCN(c2cccc3c2CCN(C(=O)C2CC(c4cccc(Cl)c4F)=NO2)C3C(=O)Cc2ccc(C(=O)O)cc2)CC1. The van der Waals surface area contributed by atoms with Gasteiger partial charge in [0, 0.05) is 43.7 Å². The Morgan fingerprint density at radius 2 is 1.72 bits per heavy atom. The van der Waals surface area contributed by atoms with E-state index in [-0.39, 0.29) is 52.9 Å². The topological polar surface area (TPSA) is 120 Å². The molecule has 9 nitrogen and oxygen atoms in total. The van der Waals surface area contributed by atoms with Crippen molar-refractivity contribution in [3.05, 3.63) is 99.3 Å². The van der Waals surface area contributed by atoms with Crippen LogP contribution >= 0.6 is 11.6 Å². The van der Waals surface area contributed by atoms with Crippen molar-refractivity contribution >= 4 is 40.7 Å². The Hall–Kier alpha value is -4.28. The number of ketones is 1. The van der Waals surface area contributed by atoms with E-state index in [1.165, 1.54) is 29.2 Å². The molecule has 11 heteroatoms. The maximum atomic E-state index is 14.8. The maximum absolute atomic E-state index is 14.8. The Balaban J connectivity index is 1.29. The number of piperidine rings is 1. The molecule has 1 saturated heterocycles. The summed E-state index contributed by atoms with van der Waals surface area (Å²) in [6, 6.07) is 15.6. The average Bonchev–Trinajstić information content (AvgIpc) is 3.55. The van der Waals surface area contributed by atoms with Crippen LogP contribution in [0.15, 0.2) is 65.8 Å². The summed E-state index contributed by atoms with van der Waals surface area (Å²) >= 11 is 5.97. The molecule has 3 aromatic carbocycles. The third-order valence-electron chi connectivity index (χ3n) is 9.61. The fraction of sp³-hybridized carbons (Fsp3) is 0.389. The van der Waals surface area contributed by atoms with Crippen LogP contribution in [-0.4, -0.2) is 69.8 Å². The van der Waals surface area contributed by atoms with Crippen LogP contribution in [0.4, 0.5) is 10.1 Å². The van der Waals surface area contributed by atoms with Crippen LogP contribution in [0.1, 0.15) is 71.8 Å². The van der Waals surface area contributed by atoms with Crippen molar-refractivity contribution in [1.29, 1.82) is 0 Å². The number of carbonyl (C=O) groups excluding carboxylic acids is 2. The number of anilines is 1. The number of hydrogen-bond acceptors (Lipinski definition) is 7. The first-order valence-corrected chi connectivity index (χ1v) is 16.2. The van der Waals surface area contributed by atoms with Crippen LogP contribution in [0.2, 0.25) is 5.02 Å². The van der Waals surface area contributed by atoms with Gasteiger partial charge in [-0.2, -0.15) is 0 Å². The lowest BCUT2D eigenvalue weighted by atomic mass is 9.82. The third kappa shape index (κ3) is 6.62. The predicted molar refractivity (Wildman–Crippen MR) is 175 cm³/mol. The molecule has 1 fully saturated rings. The number of hydrogen-bond donors (Lipinski definition) is 2. The summed E-state index contributed by atoms with van der Waals surface area (Å²) in [5.41, 5.74) is 3.17. The number of halogens is 2. The molecule has 2 unspecified atom stereocenters. The number of Topliss-reactive ketones (excluding diaryl/α,β-unsaturated/α-hetero) is 1. The summed E-state index contributed by atoms with van der Waals surface area (Å²) in [6.45, 7) is 5.49. The summed E-state index contributed by atoms with van der Waals surface area (Å²) in [4.78, 5) is 49.0. The highest BCUT2D eigenvalue weighted by Gasteiger charge is 2.42. The van der Waals surface area contributed by atoms with Crippen LogP contribution < -0.4 is 4.90 Å². The summed E-state index contributed by atoms with van der Waals surface area (Å²) in [5.74, 6) is -2.16. The molecule has 0 aliphatic carbocycles. The minimum atomic E-state index is -1.06. The van der Waals surface area contributed by atoms with E-state index in [1.807, 2.05) is 32.0 Å². The number of carbonyl (C=O) groups is 3. The highest BCUT2D eigenvalue weighted by Crippen LogP contribution is 2.40. The summed E-state index contributed by atoms with van der Waals surface area (Å²) in [6.07, 6.45) is 1.15. The lowest BCUT2D eigenvalue weighted by Gasteiger charge is -2.42. The fourth-order valence-electron chi connectivity index (χ4n) is 7.00. The van der Waals surface area contributed by atoms with Crippen molar-refractivity contribution in [2.75, 3.05) is 24.5 Å². The number of nitrogens with zero attached hydrogens (tertiary/aromatic N) is 3. The van der Waals surface area contributed by atoms with E-state index in [1.54, 1.807) is 18.2 Å². The number of benzene rings is 3. The summed E-state index contributed by atoms with van der Waals surface area (Å²) in [5, 5.41) is 23.8. The summed E-state index contributed by atoms with van der Waals surface area (Å²) in [7, 11) is 0. The molecule has 0 saturated carbocycles. The molecule has 47 heavy (non-hydrogen) atoms. The van der Waals surface area contributed by atoms with Crippen LogP contribution in [0.25, 0.3) is 0 Å². The second-order valence-electron chi connectivity index (χ2n) is 13.0. The fourth-order valence-corrected chi connectivity index (χ4v) is 7.18. The number of amides is 1. The quantitative estimate of drug-likeness (QED) is 0.323. The molecule has 1 amide bonds. The van der Waals surface area contributed by atoms with Gasteiger partial charge in [-0.05, 0) is 86.1 Å².